The van der Waals surface area contributed by atoms with Gasteiger partial charge >= 0.3 is 0 Å². The van der Waals surface area contributed by atoms with Gasteiger partial charge in [-0.3, -0.25) is 4.99 Å². The van der Waals surface area contributed by atoms with Gasteiger partial charge in [0.2, 0.25) is 5.88 Å². The SMILES string of the molecule is CN=C(NCc1ccc(OCCOC)nc1)N1CCC(C)C(n2ccnc2)C1. The zero-order valence-corrected chi connectivity index (χ0v) is 16.9. The van der Waals surface area contributed by atoms with Gasteiger partial charge in [0.25, 0.3) is 0 Å². The van der Waals surface area contributed by atoms with E-state index in [-0.39, 0.29) is 0 Å². The molecule has 0 radical (unpaired) electrons. The van der Waals surface area contributed by atoms with Gasteiger partial charge in [-0.1, -0.05) is 13.0 Å². The summed E-state index contributed by atoms with van der Waals surface area (Å²) in [6.07, 6.45) is 8.74. The zero-order valence-electron chi connectivity index (χ0n) is 16.9. The first-order valence-electron chi connectivity index (χ1n) is 9.71. The molecule has 0 bridgehead atoms. The van der Waals surface area contributed by atoms with Crippen molar-refractivity contribution in [1.29, 1.82) is 0 Å². The number of rotatable bonds is 7. The summed E-state index contributed by atoms with van der Waals surface area (Å²) in [5.74, 6) is 2.13. The summed E-state index contributed by atoms with van der Waals surface area (Å²) in [5, 5.41) is 3.46. The van der Waals surface area contributed by atoms with Crippen LogP contribution in [0.25, 0.3) is 0 Å². The lowest BCUT2D eigenvalue weighted by atomic mass is 9.93. The maximum atomic E-state index is 5.50. The maximum absolute atomic E-state index is 5.50. The van der Waals surface area contributed by atoms with E-state index < -0.39 is 0 Å². The summed E-state index contributed by atoms with van der Waals surface area (Å²) in [6.45, 7) is 5.94. The average molecular weight is 387 g/mol. The Morgan fingerprint density at radius 2 is 2.25 bits per heavy atom. The Bertz CT molecular complexity index is 732. The Morgan fingerprint density at radius 1 is 1.36 bits per heavy atom. The van der Waals surface area contributed by atoms with E-state index in [0.29, 0.717) is 37.6 Å². The number of guanidine groups is 1. The predicted octanol–water partition coefficient (Wildman–Crippen LogP) is 1.96. The lowest BCUT2D eigenvalue weighted by Crippen LogP contribution is -2.48. The second-order valence-corrected chi connectivity index (χ2v) is 7.04. The predicted molar refractivity (Wildman–Crippen MR) is 108 cm³/mol. The number of likely N-dealkylation sites (tertiary alicyclic amines) is 1. The third-order valence-corrected chi connectivity index (χ3v) is 5.12. The van der Waals surface area contributed by atoms with E-state index >= 15 is 0 Å². The summed E-state index contributed by atoms with van der Waals surface area (Å²) in [6, 6.07) is 4.30. The molecule has 0 amide bonds. The fraction of sp³-hybridized carbons (Fsp3) is 0.550. The molecule has 1 N–H and O–H groups in total. The Kier molecular flexibility index (Phi) is 7.25. The van der Waals surface area contributed by atoms with E-state index in [9.17, 15) is 0 Å². The van der Waals surface area contributed by atoms with E-state index in [4.69, 9.17) is 9.47 Å². The van der Waals surface area contributed by atoms with Crippen LogP contribution in [0.4, 0.5) is 0 Å². The summed E-state index contributed by atoms with van der Waals surface area (Å²) < 4.78 is 12.7. The number of piperidine rings is 1. The molecule has 8 nitrogen and oxygen atoms in total. The van der Waals surface area contributed by atoms with Crippen molar-refractivity contribution in [3.05, 3.63) is 42.6 Å². The van der Waals surface area contributed by atoms with Crippen LogP contribution in [-0.4, -0.2) is 65.9 Å². The topological polar surface area (TPSA) is 76.8 Å². The first-order chi connectivity index (χ1) is 13.7. The molecule has 0 aliphatic carbocycles. The third-order valence-electron chi connectivity index (χ3n) is 5.12. The number of nitrogens with one attached hydrogen (secondary N) is 1. The highest BCUT2D eigenvalue weighted by Crippen LogP contribution is 2.27. The van der Waals surface area contributed by atoms with Gasteiger partial charge < -0.3 is 24.3 Å². The number of hydrogen-bond acceptors (Lipinski definition) is 5. The highest BCUT2D eigenvalue weighted by Gasteiger charge is 2.28. The van der Waals surface area contributed by atoms with Crippen LogP contribution in [-0.2, 0) is 11.3 Å². The summed E-state index contributed by atoms with van der Waals surface area (Å²) >= 11 is 0. The molecule has 152 valence electrons. The monoisotopic (exact) mass is 386 g/mol. The number of nitrogens with zero attached hydrogens (tertiary/aromatic N) is 5. The van der Waals surface area contributed by atoms with Crippen LogP contribution in [0.3, 0.4) is 0 Å². The summed E-state index contributed by atoms with van der Waals surface area (Å²) in [4.78, 5) is 15.3. The van der Waals surface area contributed by atoms with Gasteiger partial charge in [-0.2, -0.15) is 0 Å². The average Bonchev–Trinajstić information content (AvgIpc) is 3.25. The van der Waals surface area contributed by atoms with Gasteiger partial charge in [0.05, 0.1) is 19.0 Å². The standard InChI is InChI=1S/C20H30N6O2/c1-16-6-8-25(14-18(16)26-9-7-22-15-26)20(21-2)24-13-17-4-5-19(23-12-17)28-11-10-27-3/h4-5,7,9,12,15-16,18H,6,8,10-11,13-14H2,1-3H3,(H,21,24). The van der Waals surface area contributed by atoms with Gasteiger partial charge in [0.1, 0.15) is 6.61 Å². The van der Waals surface area contributed by atoms with Crippen molar-refractivity contribution in [2.75, 3.05) is 40.5 Å². The van der Waals surface area contributed by atoms with Gasteiger partial charge in [-0.25, -0.2) is 9.97 Å². The zero-order chi connectivity index (χ0) is 19.8. The second kappa shape index (κ2) is 10.1. The summed E-state index contributed by atoms with van der Waals surface area (Å²) in [5.41, 5.74) is 1.08. The minimum Gasteiger partial charge on any atom is -0.475 e. The molecule has 3 rings (SSSR count). The quantitative estimate of drug-likeness (QED) is 0.445. The van der Waals surface area contributed by atoms with E-state index in [0.717, 1.165) is 31.0 Å². The molecular weight excluding hydrogens is 356 g/mol. The van der Waals surface area contributed by atoms with Gasteiger partial charge in [0, 0.05) is 58.4 Å². The summed E-state index contributed by atoms with van der Waals surface area (Å²) in [7, 11) is 3.48. The number of methoxy groups -OCH3 is 1. The largest absolute Gasteiger partial charge is 0.475 e. The molecule has 2 aromatic rings. The maximum Gasteiger partial charge on any atom is 0.213 e. The van der Waals surface area contributed by atoms with Crippen LogP contribution < -0.4 is 10.1 Å². The molecule has 0 spiro atoms. The minimum atomic E-state index is 0.403. The molecule has 3 heterocycles. The molecule has 1 saturated heterocycles. The Labute approximate surface area is 166 Å². The molecule has 2 atom stereocenters. The van der Waals surface area contributed by atoms with Crippen LogP contribution in [0.15, 0.2) is 42.0 Å². The van der Waals surface area contributed by atoms with Gasteiger partial charge in [-0.05, 0) is 17.9 Å². The number of hydrogen-bond donors (Lipinski definition) is 1. The highest BCUT2D eigenvalue weighted by atomic mass is 16.5. The third kappa shape index (κ3) is 5.22. The number of imidazole rings is 1. The van der Waals surface area contributed by atoms with Gasteiger partial charge in [-0.15, -0.1) is 0 Å². The molecular formula is C20H30N6O2. The molecule has 1 fully saturated rings. The fourth-order valence-corrected chi connectivity index (χ4v) is 3.44. The van der Waals surface area contributed by atoms with Crippen molar-refractivity contribution >= 4 is 5.96 Å². The lowest BCUT2D eigenvalue weighted by Gasteiger charge is -2.39. The van der Waals surface area contributed by atoms with E-state index in [1.807, 2.05) is 44.1 Å². The number of aliphatic imine (C=N–C) groups is 1. The van der Waals surface area contributed by atoms with E-state index in [2.05, 4.69) is 36.7 Å². The van der Waals surface area contributed by atoms with Gasteiger partial charge in [0.15, 0.2) is 5.96 Å². The molecule has 0 saturated carbocycles. The van der Waals surface area contributed by atoms with Crippen molar-refractivity contribution in [2.45, 2.75) is 25.9 Å². The van der Waals surface area contributed by atoms with Crippen molar-refractivity contribution in [2.24, 2.45) is 10.9 Å². The van der Waals surface area contributed by atoms with Crippen molar-refractivity contribution in [3.8, 4) is 5.88 Å². The minimum absolute atomic E-state index is 0.403. The van der Waals surface area contributed by atoms with Crippen molar-refractivity contribution in [1.82, 2.24) is 24.8 Å². The number of ether oxygens (including phenoxy) is 2. The Balaban J connectivity index is 1.54. The van der Waals surface area contributed by atoms with Crippen molar-refractivity contribution < 1.29 is 9.47 Å². The van der Waals surface area contributed by atoms with E-state index in [1.165, 1.54) is 0 Å². The lowest BCUT2D eigenvalue weighted by molar-refractivity contribution is 0.143. The number of aromatic nitrogens is 3. The number of pyridine rings is 1. The molecule has 0 aromatic carbocycles. The molecule has 1 aliphatic heterocycles. The molecule has 1 aliphatic rings. The van der Waals surface area contributed by atoms with Crippen LogP contribution in [0, 0.1) is 5.92 Å². The molecule has 2 unspecified atom stereocenters. The van der Waals surface area contributed by atoms with Crippen LogP contribution in [0.5, 0.6) is 5.88 Å². The molecule has 28 heavy (non-hydrogen) atoms. The van der Waals surface area contributed by atoms with Crippen LogP contribution in [0.1, 0.15) is 24.9 Å². The first-order valence-corrected chi connectivity index (χ1v) is 9.71. The fourth-order valence-electron chi connectivity index (χ4n) is 3.44. The van der Waals surface area contributed by atoms with Crippen molar-refractivity contribution in [3.63, 3.8) is 0 Å². The van der Waals surface area contributed by atoms with Crippen LogP contribution >= 0.6 is 0 Å². The normalized spacial score (nSPS) is 20.2. The molecule has 8 heteroatoms. The smallest absolute Gasteiger partial charge is 0.213 e. The highest BCUT2D eigenvalue weighted by molar-refractivity contribution is 5.80. The first kappa shape index (κ1) is 20.1. The van der Waals surface area contributed by atoms with Crippen LogP contribution in [0.2, 0.25) is 0 Å². The second-order valence-electron chi connectivity index (χ2n) is 7.04. The Hall–Kier alpha value is -2.61. The van der Waals surface area contributed by atoms with E-state index in [1.54, 1.807) is 7.11 Å². The molecule has 2 aromatic heterocycles. The Morgan fingerprint density at radius 3 is 2.93 bits per heavy atom.